The second-order valence-corrected chi connectivity index (χ2v) is 7.20. The Hall–Kier alpha value is -2.25. The average molecular weight is 356 g/mol. The molecule has 5 nitrogen and oxygen atoms in total. The second-order valence-electron chi connectivity index (χ2n) is 7.20. The normalized spacial score (nSPS) is 18.6. The van der Waals surface area contributed by atoms with Crippen molar-refractivity contribution in [2.24, 2.45) is 10.4 Å². The molecule has 1 fully saturated rings. The fourth-order valence-corrected chi connectivity index (χ4v) is 2.67. The third-order valence-electron chi connectivity index (χ3n) is 5.07. The number of hydrogen-bond acceptors (Lipinski definition) is 2. The first-order valence-corrected chi connectivity index (χ1v) is 7.93. The number of nitrogens with one attached hydrogen (secondary N) is 2. The number of benzene rings is 1. The quantitative estimate of drug-likeness (QED) is 0.497. The Morgan fingerprint density at radius 3 is 2.36 bits per heavy atom. The van der Waals surface area contributed by atoms with E-state index in [2.05, 4.69) is 43.3 Å². The van der Waals surface area contributed by atoms with Crippen molar-refractivity contribution in [1.82, 2.24) is 10.2 Å². The molecule has 1 amide bonds. The van der Waals surface area contributed by atoms with Crippen LogP contribution in [0.3, 0.4) is 0 Å². The van der Waals surface area contributed by atoms with Gasteiger partial charge in [0.25, 0.3) is 0 Å². The van der Waals surface area contributed by atoms with Crippen molar-refractivity contribution in [3.05, 3.63) is 29.6 Å². The Kier molecular flexibility index (Phi) is 5.02. The van der Waals surface area contributed by atoms with E-state index in [1.54, 1.807) is 7.05 Å². The lowest BCUT2D eigenvalue weighted by molar-refractivity contribution is -0.115. The van der Waals surface area contributed by atoms with Gasteiger partial charge in [-0.2, -0.15) is 0 Å². The second kappa shape index (κ2) is 6.57. The molecule has 0 spiro atoms. The molecule has 1 saturated heterocycles. The summed E-state index contributed by atoms with van der Waals surface area (Å²) in [6, 6.07) is 1.73. The van der Waals surface area contributed by atoms with Crippen LogP contribution in [0.5, 0.6) is 0 Å². The van der Waals surface area contributed by atoms with Crippen LogP contribution in [0, 0.1) is 22.9 Å². The third kappa shape index (κ3) is 3.43. The van der Waals surface area contributed by atoms with Gasteiger partial charge in [-0.15, -0.1) is 0 Å². The van der Waals surface area contributed by atoms with Crippen LogP contribution >= 0.6 is 0 Å². The highest BCUT2D eigenvalue weighted by Crippen LogP contribution is 2.46. The van der Waals surface area contributed by atoms with Crippen LogP contribution in [0.25, 0.3) is 0 Å². The molecule has 0 aromatic heterocycles. The maximum Gasteiger partial charge on any atom is 0.243 e. The number of guanidine groups is 1. The lowest BCUT2D eigenvalue weighted by atomic mass is 9.65. The van der Waals surface area contributed by atoms with Crippen molar-refractivity contribution in [2.75, 3.05) is 25.5 Å². The molecule has 138 valence electrons. The van der Waals surface area contributed by atoms with Crippen molar-refractivity contribution >= 4 is 17.6 Å². The third-order valence-corrected chi connectivity index (χ3v) is 5.07. The molecular formula is C17H23F3N4O. The monoisotopic (exact) mass is 356 g/mol. The summed E-state index contributed by atoms with van der Waals surface area (Å²) in [6.07, 6.45) is 0. The summed E-state index contributed by atoms with van der Waals surface area (Å²) in [7, 11) is 1.61. The molecule has 25 heavy (non-hydrogen) atoms. The number of carbonyl (C=O) groups is 1. The fourth-order valence-electron chi connectivity index (χ4n) is 2.67. The van der Waals surface area contributed by atoms with Crippen LogP contribution in [0.15, 0.2) is 17.1 Å². The van der Waals surface area contributed by atoms with Gasteiger partial charge >= 0.3 is 0 Å². The summed E-state index contributed by atoms with van der Waals surface area (Å²) in [5, 5.41) is 5.12. The summed E-state index contributed by atoms with van der Waals surface area (Å²) < 4.78 is 39.7. The molecule has 0 atom stereocenters. The zero-order valence-corrected chi connectivity index (χ0v) is 15.0. The van der Waals surface area contributed by atoms with Crippen LogP contribution in [-0.2, 0) is 4.79 Å². The first-order valence-electron chi connectivity index (χ1n) is 7.93. The van der Waals surface area contributed by atoms with Crippen molar-refractivity contribution in [2.45, 2.75) is 33.2 Å². The standard InChI is InChI=1S/C17H23F3N4O/c1-16(2)9-24(17(16,3)4)15(21-5)22-8-12(25)23-11-7-6-10(18)13(19)14(11)20/h6-7H,8-9H2,1-5H3,(H,21,22)(H,23,25). The number of aliphatic imine (C=N–C) groups is 1. The van der Waals surface area contributed by atoms with Gasteiger partial charge < -0.3 is 15.5 Å². The number of halogens is 3. The van der Waals surface area contributed by atoms with Crippen LogP contribution in [0.2, 0.25) is 0 Å². The highest BCUT2D eigenvalue weighted by Gasteiger charge is 2.53. The number of amides is 1. The van der Waals surface area contributed by atoms with Gasteiger partial charge in [0.05, 0.1) is 12.2 Å². The van der Waals surface area contributed by atoms with E-state index in [-0.39, 0.29) is 17.5 Å². The van der Waals surface area contributed by atoms with E-state index in [1.807, 2.05) is 4.90 Å². The van der Waals surface area contributed by atoms with E-state index >= 15 is 0 Å². The minimum Gasteiger partial charge on any atom is -0.347 e. The Morgan fingerprint density at radius 2 is 1.84 bits per heavy atom. The Labute approximate surface area is 145 Å². The summed E-state index contributed by atoms with van der Waals surface area (Å²) in [6.45, 7) is 9.06. The first-order chi connectivity index (χ1) is 11.5. The molecule has 8 heteroatoms. The van der Waals surface area contributed by atoms with Gasteiger partial charge in [0, 0.05) is 24.5 Å². The molecule has 0 saturated carbocycles. The molecule has 0 radical (unpaired) electrons. The molecule has 0 bridgehead atoms. The number of nitrogens with zero attached hydrogens (tertiary/aromatic N) is 2. The molecule has 0 aliphatic carbocycles. The zero-order chi connectivity index (χ0) is 19.0. The van der Waals surface area contributed by atoms with Crippen molar-refractivity contribution in [3.63, 3.8) is 0 Å². The van der Waals surface area contributed by atoms with E-state index in [1.165, 1.54) is 0 Å². The fraction of sp³-hybridized carbons (Fsp3) is 0.529. The minimum absolute atomic E-state index is 0.0989. The maximum absolute atomic E-state index is 13.6. The molecule has 1 aromatic rings. The molecule has 1 heterocycles. The SMILES string of the molecule is CN=C(NCC(=O)Nc1ccc(F)c(F)c1F)N1CC(C)(C)C1(C)C. The molecule has 1 aliphatic rings. The topological polar surface area (TPSA) is 56.7 Å². The highest BCUT2D eigenvalue weighted by atomic mass is 19.2. The summed E-state index contributed by atoms with van der Waals surface area (Å²) >= 11 is 0. The predicted octanol–water partition coefficient (Wildman–Crippen LogP) is 2.74. The van der Waals surface area contributed by atoms with Gasteiger partial charge in [-0.05, 0) is 26.0 Å². The first kappa shape index (κ1) is 19.1. The van der Waals surface area contributed by atoms with Gasteiger partial charge in [-0.1, -0.05) is 13.8 Å². The largest absolute Gasteiger partial charge is 0.347 e. The molecule has 1 aliphatic heterocycles. The molecular weight excluding hydrogens is 333 g/mol. The van der Waals surface area contributed by atoms with Gasteiger partial charge in [0.1, 0.15) is 0 Å². The molecule has 2 rings (SSSR count). The van der Waals surface area contributed by atoms with Crippen LogP contribution < -0.4 is 10.6 Å². The summed E-state index contributed by atoms with van der Waals surface area (Å²) in [5.41, 5.74) is -0.454. The Balaban J connectivity index is 1.97. The number of carbonyl (C=O) groups excluding carboxylic acids is 1. The average Bonchev–Trinajstić information content (AvgIpc) is 2.55. The van der Waals surface area contributed by atoms with Crippen molar-refractivity contribution in [3.8, 4) is 0 Å². The summed E-state index contributed by atoms with van der Waals surface area (Å²) in [4.78, 5) is 18.2. The van der Waals surface area contributed by atoms with Crippen molar-refractivity contribution < 1.29 is 18.0 Å². The highest BCUT2D eigenvalue weighted by molar-refractivity contribution is 5.95. The molecule has 0 unspecified atom stereocenters. The number of hydrogen-bond donors (Lipinski definition) is 2. The van der Waals surface area contributed by atoms with Gasteiger partial charge in [-0.25, -0.2) is 13.2 Å². The number of rotatable bonds is 3. The Bertz CT molecular complexity index is 716. The maximum atomic E-state index is 13.6. The predicted molar refractivity (Wildman–Crippen MR) is 90.9 cm³/mol. The van der Waals surface area contributed by atoms with Crippen LogP contribution in [0.4, 0.5) is 18.9 Å². The van der Waals surface area contributed by atoms with E-state index in [4.69, 9.17) is 0 Å². The molecule has 2 N–H and O–H groups in total. The van der Waals surface area contributed by atoms with Gasteiger partial charge in [-0.3, -0.25) is 9.79 Å². The lowest BCUT2D eigenvalue weighted by Gasteiger charge is -2.62. The van der Waals surface area contributed by atoms with E-state index in [0.717, 1.165) is 18.7 Å². The number of anilines is 1. The smallest absolute Gasteiger partial charge is 0.243 e. The van der Waals surface area contributed by atoms with E-state index < -0.39 is 29.0 Å². The zero-order valence-electron chi connectivity index (χ0n) is 15.0. The lowest BCUT2D eigenvalue weighted by Crippen LogP contribution is -2.72. The minimum atomic E-state index is -1.62. The van der Waals surface area contributed by atoms with Crippen LogP contribution in [-0.4, -0.2) is 42.4 Å². The van der Waals surface area contributed by atoms with Gasteiger partial charge in [0.2, 0.25) is 5.91 Å². The van der Waals surface area contributed by atoms with Crippen LogP contribution in [0.1, 0.15) is 27.7 Å². The Morgan fingerprint density at radius 1 is 1.20 bits per heavy atom. The van der Waals surface area contributed by atoms with Crippen molar-refractivity contribution in [1.29, 1.82) is 0 Å². The molecule has 1 aromatic carbocycles. The van der Waals surface area contributed by atoms with E-state index in [0.29, 0.717) is 5.96 Å². The van der Waals surface area contributed by atoms with E-state index in [9.17, 15) is 18.0 Å². The van der Waals surface area contributed by atoms with Gasteiger partial charge in [0.15, 0.2) is 23.4 Å². The summed E-state index contributed by atoms with van der Waals surface area (Å²) in [5.74, 6) is -4.40. The number of likely N-dealkylation sites (tertiary alicyclic amines) is 1.